The van der Waals surface area contributed by atoms with Crippen LogP contribution in [0.5, 0.6) is 0 Å². The van der Waals surface area contributed by atoms with E-state index in [9.17, 15) is 19.3 Å². The molecule has 0 radical (unpaired) electrons. The van der Waals surface area contributed by atoms with Crippen LogP contribution in [0, 0.1) is 22.9 Å². The van der Waals surface area contributed by atoms with Crippen LogP contribution in [-0.2, 0) is 0 Å². The van der Waals surface area contributed by atoms with Crippen LogP contribution in [0.15, 0.2) is 12.1 Å². The lowest BCUT2D eigenvalue weighted by molar-refractivity contribution is -0.385. The van der Waals surface area contributed by atoms with Crippen molar-refractivity contribution in [1.29, 1.82) is 0 Å². The van der Waals surface area contributed by atoms with Crippen molar-refractivity contribution in [1.82, 2.24) is 10.2 Å². The fourth-order valence-electron chi connectivity index (χ4n) is 2.44. The second-order valence-corrected chi connectivity index (χ2v) is 5.43. The molecule has 1 saturated heterocycles. The molecule has 0 unspecified atom stereocenters. The standard InChI is InChI=1S/C14H18FN3O3/c1-9-7-11(18(20)21)8-12(13(9)15)14(19)16-10-3-5-17(2)6-4-10/h7-8,10H,3-6H2,1-2H3,(H,16,19). The second kappa shape index (κ2) is 6.17. The van der Waals surface area contributed by atoms with Crippen molar-refractivity contribution in [3.8, 4) is 0 Å². The van der Waals surface area contributed by atoms with E-state index in [1.54, 1.807) is 0 Å². The van der Waals surface area contributed by atoms with Crippen molar-refractivity contribution in [2.75, 3.05) is 20.1 Å². The van der Waals surface area contributed by atoms with Gasteiger partial charge in [0, 0.05) is 18.2 Å². The molecular formula is C14H18FN3O3. The van der Waals surface area contributed by atoms with Crippen LogP contribution in [0.1, 0.15) is 28.8 Å². The monoisotopic (exact) mass is 295 g/mol. The number of likely N-dealkylation sites (tertiary alicyclic amines) is 1. The first-order chi connectivity index (χ1) is 9.88. The summed E-state index contributed by atoms with van der Waals surface area (Å²) in [6, 6.07) is 2.10. The molecule has 1 heterocycles. The summed E-state index contributed by atoms with van der Waals surface area (Å²) in [5, 5.41) is 13.6. The van der Waals surface area contributed by atoms with Crippen LogP contribution in [0.3, 0.4) is 0 Å². The number of carbonyl (C=O) groups is 1. The third kappa shape index (κ3) is 3.55. The molecule has 2 rings (SSSR count). The van der Waals surface area contributed by atoms with Gasteiger partial charge in [0.1, 0.15) is 5.82 Å². The molecule has 7 heteroatoms. The average Bonchev–Trinajstić information content (AvgIpc) is 2.43. The number of nitro benzene ring substituents is 1. The van der Waals surface area contributed by atoms with Gasteiger partial charge in [-0.2, -0.15) is 0 Å². The summed E-state index contributed by atoms with van der Waals surface area (Å²) < 4.78 is 14.0. The van der Waals surface area contributed by atoms with Gasteiger partial charge in [-0.3, -0.25) is 14.9 Å². The van der Waals surface area contributed by atoms with Gasteiger partial charge in [0.2, 0.25) is 0 Å². The summed E-state index contributed by atoms with van der Waals surface area (Å²) in [7, 11) is 2.00. The first-order valence-corrected chi connectivity index (χ1v) is 6.82. The van der Waals surface area contributed by atoms with Gasteiger partial charge in [0.25, 0.3) is 11.6 Å². The van der Waals surface area contributed by atoms with E-state index in [4.69, 9.17) is 0 Å². The van der Waals surface area contributed by atoms with Crippen molar-refractivity contribution in [2.24, 2.45) is 0 Å². The lowest BCUT2D eigenvalue weighted by atomic mass is 10.0. The quantitative estimate of drug-likeness (QED) is 0.682. The van der Waals surface area contributed by atoms with Gasteiger partial charge in [-0.25, -0.2) is 4.39 Å². The number of non-ortho nitro benzene ring substituents is 1. The Labute approximate surface area is 122 Å². The molecule has 1 amide bonds. The van der Waals surface area contributed by atoms with Gasteiger partial charge in [-0.15, -0.1) is 0 Å². The average molecular weight is 295 g/mol. The molecule has 0 bridgehead atoms. The molecule has 114 valence electrons. The molecule has 1 aromatic rings. The Morgan fingerprint density at radius 1 is 1.43 bits per heavy atom. The number of nitrogens with zero attached hydrogens (tertiary/aromatic N) is 2. The van der Waals surface area contributed by atoms with Crippen LogP contribution in [0.2, 0.25) is 0 Å². The maximum atomic E-state index is 14.0. The number of amides is 1. The van der Waals surface area contributed by atoms with Crippen LogP contribution in [0.4, 0.5) is 10.1 Å². The van der Waals surface area contributed by atoms with Crippen molar-refractivity contribution in [2.45, 2.75) is 25.8 Å². The Morgan fingerprint density at radius 2 is 2.05 bits per heavy atom. The molecule has 0 saturated carbocycles. The van der Waals surface area contributed by atoms with Crippen LogP contribution in [-0.4, -0.2) is 41.9 Å². The van der Waals surface area contributed by atoms with Crippen LogP contribution < -0.4 is 5.32 Å². The SMILES string of the molecule is Cc1cc([N+](=O)[O-])cc(C(=O)NC2CCN(C)CC2)c1F. The van der Waals surface area contributed by atoms with Gasteiger partial charge < -0.3 is 10.2 Å². The molecule has 0 atom stereocenters. The van der Waals surface area contributed by atoms with Gasteiger partial charge >= 0.3 is 0 Å². The summed E-state index contributed by atoms with van der Waals surface area (Å²) in [6.07, 6.45) is 1.58. The Balaban J connectivity index is 2.17. The summed E-state index contributed by atoms with van der Waals surface area (Å²) in [4.78, 5) is 24.5. The number of hydrogen-bond acceptors (Lipinski definition) is 4. The highest BCUT2D eigenvalue weighted by molar-refractivity contribution is 5.95. The number of nitro groups is 1. The first-order valence-electron chi connectivity index (χ1n) is 6.82. The zero-order valence-corrected chi connectivity index (χ0v) is 12.1. The predicted molar refractivity (Wildman–Crippen MR) is 75.8 cm³/mol. The number of aryl methyl sites for hydroxylation is 1. The van der Waals surface area contributed by atoms with E-state index in [1.165, 1.54) is 6.92 Å². The van der Waals surface area contributed by atoms with E-state index >= 15 is 0 Å². The van der Waals surface area contributed by atoms with E-state index in [0.29, 0.717) is 0 Å². The molecule has 0 aromatic heterocycles. The molecule has 1 N–H and O–H groups in total. The lowest BCUT2D eigenvalue weighted by Gasteiger charge is -2.29. The molecule has 1 aliphatic heterocycles. The van der Waals surface area contributed by atoms with Crippen molar-refractivity contribution < 1.29 is 14.1 Å². The lowest BCUT2D eigenvalue weighted by Crippen LogP contribution is -2.43. The Kier molecular flexibility index (Phi) is 4.52. The van der Waals surface area contributed by atoms with E-state index in [0.717, 1.165) is 38.1 Å². The minimum absolute atomic E-state index is 0.0207. The third-order valence-corrected chi connectivity index (χ3v) is 3.75. The Bertz CT molecular complexity index is 569. The summed E-state index contributed by atoms with van der Waals surface area (Å²) in [5.41, 5.74) is -0.444. The largest absolute Gasteiger partial charge is 0.349 e. The highest BCUT2D eigenvalue weighted by atomic mass is 19.1. The van der Waals surface area contributed by atoms with Crippen molar-refractivity contribution in [3.05, 3.63) is 39.2 Å². The number of rotatable bonds is 3. The number of carbonyl (C=O) groups excluding carboxylic acids is 1. The fourth-order valence-corrected chi connectivity index (χ4v) is 2.44. The minimum atomic E-state index is -0.703. The molecule has 21 heavy (non-hydrogen) atoms. The van der Waals surface area contributed by atoms with E-state index < -0.39 is 16.6 Å². The van der Waals surface area contributed by atoms with Crippen molar-refractivity contribution >= 4 is 11.6 Å². The summed E-state index contributed by atoms with van der Waals surface area (Å²) >= 11 is 0. The highest BCUT2D eigenvalue weighted by Gasteiger charge is 2.23. The zero-order valence-electron chi connectivity index (χ0n) is 12.1. The van der Waals surface area contributed by atoms with E-state index in [-0.39, 0.29) is 22.9 Å². The molecule has 1 fully saturated rings. The molecule has 0 spiro atoms. The first kappa shape index (κ1) is 15.4. The van der Waals surface area contributed by atoms with Gasteiger partial charge in [-0.1, -0.05) is 0 Å². The molecule has 1 aliphatic rings. The Morgan fingerprint density at radius 3 is 2.62 bits per heavy atom. The zero-order chi connectivity index (χ0) is 15.6. The maximum Gasteiger partial charge on any atom is 0.270 e. The van der Waals surface area contributed by atoms with Crippen LogP contribution in [0.25, 0.3) is 0 Å². The number of benzene rings is 1. The van der Waals surface area contributed by atoms with E-state index in [2.05, 4.69) is 10.2 Å². The molecule has 6 nitrogen and oxygen atoms in total. The maximum absolute atomic E-state index is 14.0. The number of piperidine rings is 1. The Hall–Kier alpha value is -2.02. The van der Waals surface area contributed by atoms with Gasteiger partial charge in [0.05, 0.1) is 10.5 Å². The highest BCUT2D eigenvalue weighted by Crippen LogP contribution is 2.21. The smallest absolute Gasteiger partial charge is 0.270 e. The summed E-state index contributed by atoms with van der Waals surface area (Å²) in [5.74, 6) is -1.29. The predicted octanol–water partition coefficient (Wildman–Crippen LogP) is 1.87. The van der Waals surface area contributed by atoms with Gasteiger partial charge in [0.15, 0.2) is 0 Å². The second-order valence-electron chi connectivity index (χ2n) is 5.43. The number of nitrogens with one attached hydrogen (secondary N) is 1. The third-order valence-electron chi connectivity index (χ3n) is 3.75. The molecule has 0 aliphatic carbocycles. The minimum Gasteiger partial charge on any atom is -0.349 e. The van der Waals surface area contributed by atoms with Gasteiger partial charge in [-0.05, 0) is 45.5 Å². The van der Waals surface area contributed by atoms with Crippen LogP contribution >= 0.6 is 0 Å². The number of halogens is 1. The fraction of sp³-hybridized carbons (Fsp3) is 0.500. The normalized spacial score (nSPS) is 16.7. The number of hydrogen-bond donors (Lipinski definition) is 1. The van der Waals surface area contributed by atoms with Crippen molar-refractivity contribution in [3.63, 3.8) is 0 Å². The molecular weight excluding hydrogens is 277 g/mol. The topological polar surface area (TPSA) is 75.5 Å². The molecule has 1 aromatic carbocycles. The summed E-state index contributed by atoms with van der Waals surface area (Å²) in [6.45, 7) is 3.14. The van der Waals surface area contributed by atoms with E-state index in [1.807, 2.05) is 7.05 Å².